The summed E-state index contributed by atoms with van der Waals surface area (Å²) >= 11 is 0. The quantitative estimate of drug-likeness (QED) is 0.371. The van der Waals surface area contributed by atoms with Crippen molar-refractivity contribution in [2.45, 2.75) is 44.1 Å². The van der Waals surface area contributed by atoms with Crippen LogP contribution >= 0.6 is 21.6 Å². The van der Waals surface area contributed by atoms with Crippen molar-refractivity contribution in [3.05, 3.63) is 16.7 Å². The van der Waals surface area contributed by atoms with E-state index >= 15 is 0 Å². The van der Waals surface area contributed by atoms with Gasteiger partial charge in [-0.2, -0.15) is 4.98 Å². The molecule has 0 radical (unpaired) electrons. The number of nitrogens with two attached hydrogens (primary N) is 1. The first-order chi connectivity index (χ1) is 12.5. The van der Waals surface area contributed by atoms with Crippen molar-refractivity contribution in [2.75, 3.05) is 23.8 Å². The topological polar surface area (TPSA) is 139 Å². The summed E-state index contributed by atoms with van der Waals surface area (Å²) in [5, 5.41) is 19.8. The van der Waals surface area contributed by atoms with Crippen LogP contribution in [-0.2, 0) is 10.5 Å². The minimum Gasteiger partial charge on any atom is -0.394 e. The van der Waals surface area contributed by atoms with Gasteiger partial charge >= 0.3 is 0 Å². The number of anilines is 1. The lowest BCUT2D eigenvalue weighted by molar-refractivity contribution is -0.100. The van der Waals surface area contributed by atoms with Crippen molar-refractivity contribution in [3.8, 4) is 0 Å². The number of aromatic amines is 1. The molecule has 0 amide bonds. The summed E-state index contributed by atoms with van der Waals surface area (Å²) < 4.78 is 7.70. The maximum absolute atomic E-state index is 12.1. The van der Waals surface area contributed by atoms with Gasteiger partial charge in [-0.25, -0.2) is 4.98 Å². The average Bonchev–Trinajstić information content (AvgIpc) is 3.16. The first kappa shape index (κ1) is 19.5. The van der Waals surface area contributed by atoms with Crippen molar-refractivity contribution in [2.24, 2.45) is 0 Å². The van der Waals surface area contributed by atoms with Crippen LogP contribution in [-0.4, -0.2) is 60.1 Å². The molecule has 0 bridgehead atoms. The molecule has 144 valence electrons. The SMILES string of the molecule is CCCCSSC[C@]1(n2cnc3c(=O)[nH]c(N)nc32)C[C@H](O)[C@@H](CO)O1. The fourth-order valence-corrected chi connectivity index (χ4v) is 5.59. The number of aromatic nitrogens is 4. The van der Waals surface area contributed by atoms with Crippen LogP contribution in [0.5, 0.6) is 0 Å². The maximum atomic E-state index is 12.1. The molecule has 2 aromatic heterocycles. The van der Waals surface area contributed by atoms with Crippen LogP contribution in [0.4, 0.5) is 5.95 Å². The second kappa shape index (κ2) is 8.17. The number of aliphatic hydroxyl groups excluding tert-OH is 2. The molecule has 0 unspecified atom stereocenters. The molecule has 9 nitrogen and oxygen atoms in total. The van der Waals surface area contributed by atoms with Gasteiger partial charge in [0.15, 0.2) is 16.9 Å². The summed E-state index contributed by atoms with van der Waals surface area (Å²) in [5.74, 6) is 1.51. The van der Waals surface area contributed by atoms with E-state index in [0.717, 1.165) is 18.6 Å². The first-order valence-electron chi connectivity index (χ1n) is 8.45. The molecule has 3 atom stereocenters. The van der Waals surface area contributed by atoms with Crippen LogP contribution in [0.1, 0.15) is 26.2 Å². The third kappa shape index (κ3) is 3.72. The van der Waals surface area contributed by atoms with E-state index in [1.165, 1.54) is 6.33 Å². The molecule has 1 saturated heterocycles. The zero-order valence-electron chi connectivity index (χ0n) is 14.4. The van der Waals surface area contributed by atoms with Gasteiger partial charge in [0.2, 0.25) is 5.95 Å². The van der Waals surface area contributed by atoms with Crippen molar-refractivity contribution in [3.63, 3.8) is 0 Å². The predicted octanol–water partition coefficient (Wildman–Crippen LogP) is 0.678. The summed E-state index contributed by atoms with van der Waals surface area (Å²) in [7, 11) is 3.35. The normalized spacial score (nSPS) is 26.0. The molecule has 0 aliphatic carbocycles. The molecule has 11 heteroatoms. The van der Waals surface area contributed by atoms with Crippen molar-refractivity contribution in [1.82, 2.24) is 19.5 Å². The number of H-pyrrole nitrogens is 1. The van der Waals surface area contributed by atoms with Crippen LogP contribution in [0.15, 0.2) is 11.1 Å². The highest BCUT2D eigenvalue weighted by atomic mass is 33.1. The van der Waals surface area contributed by atoms with E-state index in [2.05, 4.69) is 21.9 Å². The Kier molecular flexibility index (Phi) is 6.13. The highest BCUT2D eigenvalue weighted by Gasteiger charge is 2.48. The number of rotatable bonds is 8. The summed E-state index contributed by atoms with van der Waals surface area (Å²) in [4.78, 5) is 22.8. The van der Waals surface area contributed by atoms with Crippen LogP contribution in [0.3, 0.4) is 0 Å². The zero-order chi connectivity index (χ0) is 18.7. The third-order valence-corrected chi connectivity index (χ3v) is 6.87. The Balaban J connectivity index is 1.95. The lowest BCUT2D eigenvalue weighted by Gasteiger charge is -2.30. The second-order valence-corrected chi connectivity index (χ2v) is 8.81. The molecule has 1 fully saturated rings. The number of fused-ring (bicyclic) bond motifs is 1. The number of nitrogens with zero attached hydrogens (tertiary/aromatic N) is 3. The van der Waals surface area contributed by atoms with Gasteiger partial charge in [-0.1, -0.05) is 34.9 Å². The van der Waals surface area contributed by atoms with Gasteiger partial charge in [0, 0.05) is 12.2 Å². The minimum atomic E-state index is -0.960. The number of imidazole rings is 1. The van der Waals surface area contributed by atoms with Crippen LogP contribution in [0.25, 0.3) is 11.2 Å². The molecule has 3 heterocycles. The van der Waals surface area contributed by atoms with E-state index in [4.69, 9.17) is 10.5 Å². The first-order valence-corrected chi connectivity index (χ1v) is 10.9. The number of nitrogens with one attached hydrogen (secondary N) is 1. The number of ether oxygens (including phenoxy) is 1. The van der Waals surface area contributed by atoms with Gasteiger partial charge in [0.25, 0.3) is 5.56 Å². The molecule has 5 N–H and O–H groups in total. The van der Waals surface area contributed by atoms with Gasteiger partial charge in [-0.3, -0.25) is 14.3 Å². The van der Waals surface area contributed by atoms with Gasteiger partial charge in [-0.15, -0.1) is 0 Å². The molecular weight excluding hydrogens is 378 g/mol. The summed E-state index contributed by atoms with van der Waals surface area (Å²) in [6.45, 7) is 1.85. The summed E-state index contributed by atoms with van der Waals surface area (Å²) in [6, 6.07) is 0. The number of hydrogen-bond acceptors (Lipinski definition) is 9. The maximum Gasteiger partial charge on any atom is 0.280 e. The lowest BCUT2D eigenvalue weighted by Crippen LogP contribution is -2.37. The Morgan fingerprint density at radius 3 is 3.04 bits per heavy atom. The van der Waals surface area contributed by atoms with E-state index in [1.807, 2.05) is 0 Å². The van der Waals surface area contributed by atoms with Gasteiger partial charge < -0.3 is 20.7 Å². The standard InChI is InChI=1S/C15H23N5O4S2/c1-2-3-4-25-26-7-15(5-9(22)10(6-21)24-15)20-8-17-11-12(20)18-14(16)19-13(11)23/h8-10,21-22H,2-7H2,1H3,(H3,16,18,19,23)/t9-,10+,15-/m0/s1. The highest BCUT2D eigenvalue weighted by molar-refractivity contribution is 8.76. The van der Waals surface area contributed by atoms with Gasteiger partial charge in [0.1, 0.15) is 6.10 Å². The van der Waals surface area contributed by atoms with Crippen LogP contribution in [0, 0.1) is 0 Å². The second-order valence-electron chi connectivity index (χ2n) is 6.23. The van der Waals surface area contributed by atoms with E-state index < -0.39 is 23.5 Å². The monoisotopic (exact) mass is 401 g/mol. The van der Waals surface area contributed by atoms with Crippen LogP contribution in [0.2, 0.25) is 0 Å². The van der Waals surface area contributed by atoms with E-state index in [-0.39, 0.29) is 24.5 Å². The molecule has 1 aliphatic heterocycles. The molecule has 1 aliphatic rings. The predicted molar refractivity (Wildman–Crippen MR) is 103 cm³/mol. The Bertz CT molecular complexity index is 813. The summed E-state index contributed by atoms with van der Waals surface area (Å²) in [5.41, 5.74) is 4.76. The molecule has 0 aromatic carbocycles. The Morgan fingerprint density at radius 1 is 1.54 bits per heavy atom. The molecule has 3 rings (SSSR count). The number of aliphatic hydroxyl groups is 2. The van der Waals surface area contributed by atoms with E-state index in [9.17, 15) is 15.0 Å². The number of hydrogen-bond donors (Lipinski definition) is 4. The Hall–Kier alpha value is -1.27. The Labute approximate surface area is 158 Å². The molecule has 26 heavy (non-hydrogen) atoms. The largest absolute Gasteiger partial charge is 0.394 e. The van der Waals surface area contributed by atoms with Crippen molar-refractivity contribution in [1.29, 1.82) is 0 Å². The zero-order valence-corrected chi connectivity index (χ0v) is 16.1. The van der Waals surface area contributed by atoms with E-state index in [1.54, 1.807) is 26.2 Å². The van der Waals surface area contributed by atoms with Crippen LogP contribution < -0.4 is 11.3 Å². The van der Waals surface area contributed by atoms with Crippen molar-refractivity contribution < 1.29 is 14.9 Å². The van der Waals surface area contributed by atoms with Gasteiger partial charge in [-0.05, 0) is 6.42 Å². The lowest BCUT2D eigenvalue weighted by atomic mass is 10.1. The summed E-state index contributed by atoms with van der Waals surface area (Å²) in [6.07, 6.45) is 2.47. The minimum absolute atomic E-state index is 0.0124. The highest BCUT2D eigenvalue weighted by Crippen LogP contribution is 2.41. The fraction of sp³-hybridized carbons (Fsp3) is 0.667. The molecular formula is C15H23N5O4S2. The Morgan fingerprint density at radius 2 is 2.35 bits per heavy atom. The van der Waals surface area contributed by atoms with E-state index in [0.29, 0.717) is 11.4 Å². The number of unbranched alkanes of at least 4 members (excludes halogenated alkanes) is 1. The van der Waals surface area contributed by atoms with Gasteiger partial charge in [0.05, 0.1) is 24.8 Å². The van der Waals surface area contributed by atoms with Crippen molar-refractivity contribution >= 4 is 38.7 Å². The molecule has 2 aromatic rings. The average molecular weight is 402 g/mol. The number of nitrogen functional groups attached to an aromatic ring is 1. The fourth-order valence-electron chi connectivity index (χ4n) is 2.96. The molecule has 0 saturated carbocycles. The smallest absolute Gasteiger partial charge is 0.280 e. The molecule has 0 spiro atoms. The third-order valence-electron chi connectivity index (χ3n) is 4.32.